The molecular formula is C13H14F3N3O2S. The van der Waals surface area contributed by atoms with Gasteiger partial charge in [0.05, 0.1) is 33.3 Å². The smallest absolute Gasteiger partial charge is 0.224 e. The second-order valence-corrected chi connectivity index (χ2v) is 7.00. The maximum Gasteiger partial charge on any atom is 0.416 e. The van der Waals surface area contributed by atoms with Gasteiger partial charge < -0.3 is 0 Å². The lowest BCUT2D eigenvalue weighted by Gasteiger charge is -2.14. The van der Waals surface area contributed by atoms with E-state index in [0.29, 0.717) is 17.5 Å². The zero-order valence-electron chi connectivity index (χ0n) is 12.1. The van der Waals surface area contributed by atoms with E-state index >= 15 is 0 Å². The van der Waals surface area contributed by atoms with Gasteiger partial charge in [-0.25, -0.2) is 13.1 Å². The third-order valence-corrected chi connectivity index (χ3v) is 5.11. The number of nitrogens with zero attached hydrogens (tertiary/aromatic N) is 3. The summed E-state index contributed by atoms with van der Waals surface area (Å²) < 4.78 is 64.1. The van der Waals surface area contributed by atoms with Gasteiger partial charge in [-0.15, -0.1) is 5.10 Å². The van der Waals surface area contributed by atoms with E-state index < -0.39 is 26.5 Å². The van der Waals surface area contributed by atoms with Crippen LogP contribution in [0.15, 0.2) is 23.1 Å². The number of alkyl halides is 3. The van der Waals surface area contributed by atoms with Gasteiger partial charge in [0.15, 0.2) is 9.84 Å². The molecule has 0 fully saturated rings. The zero-order chi connectivity index (χ0) is 16.7. The molecule has 0 atom stereocenters. The Morgan fingerprint density at radius 1 is 1.23 bits per heavy atom. The first-order valence-corrected chi connectivity index (χ1v) is 8.06. The van der Waals surface area contributed by atoms with Crippen molar-refractivity contribution in [1.82, 2.24) is 15.0 Å². The van der Waals surface area contributed by atoms with Crippen LogP contribution < -0.4 is 0 Å². The molecule has 0 aliphatic carbocycles. The van der Waals surface area contributed by atoms with Gasteiger partial charge in [-0.3, -0.25) is 0 Å². The van der Waals surface area contributed by atoms with Crippen LogP contribution in [0.2, 0.25) is 0 Å². The van der Waals surface area contributed by atoms with E-state index in [9.17, 15) is 21.6 Å². The number of benzene rings is 1. The van der Waals surface area contributed by atoms with E-state index in [0.717, 1.165) is 12.1 Å². The molecule has 120 valence electrons. The monoisotopic (exact) mass is 333 g/mol. The lowest BCUT2D eigenvalue weighted by Crippen LogP contribution is -2.14. The Hall–Kier alpha value is -1.90. The Labute approximate surface area is 125 Å². The van der Waals surface area contributed by atoms with Crippen LogP contribution in [-0.4, -0.2) is 29.2 Å². The van der Waals surface area contributed by atoms with Crippen LogP contribution in [0.5, 0.6) is 0 Å². The summed E-state index contributed by atoms with van der Waals surface area (Å²) in [6.07, 6.45) is -4.62. The van der Waals surface area contributed by atoms with Gasteiger partial charge in [0.2, 0.25) is 0 Å². The molecule has 0 amide bonds. The summed E-state index contributed by atoms with van der Waals surface area (Å²) in [5.41, 5.74) is 0.178. The van der Waals surface area contributed by atoms with E-state index in [2.05, 4.69) is 10.3 Å². The highest BCUT2D eigenvalue weighted by Gasteiger charge is 2.33. The van der Waals surface area contributed by atoms with Crippen LogP contribution in [-0.2, 0) is 16.0 Å². The molecule has 0 spiro atoms. The topological polar surface area (TPSA) is 64.8 Å². The second kappa shape index (κ2) is 5.38. The molecule has 0 bridgehead atoms. The first-order valence-electron chi connectivity index (χ1n) is 6.41. The highest BCUT2D eigenvalue weighted by Crippen LogP contribution is 2.33. The Morgan fingerprint density at radius 3 is 2.32 bits per heavy atom. The summed E-state index contributed by atoms with van der Waals surface area (Å²) in [5, 5.41) is 7.62. The van der Waals surface area contributed by atoms with Crippen molar-refractivity contribution in [2.45, 2.75) is 31.8 Å². The molecule has 0 saturated heterocycles. The van der Waals surface area contributed by atoms with Crippen molar-refractivity contribution in [3.63, 3.8) is 0 Å². The van der Waals surface area contributed by atoms with Crippen LogP contribution in [0.25, 0.3) is 5.69 Å². The Morgan fingerprint density at radius 2 is 1.86 bits per heavy atom. The van der Waals surface area contributed by atoms with Crippen LogP contribution >= 0.6 is 0 Å². The third-order valence-electron chi connectivity index (χ3n) is 3.36. The van der Waals surface area contributed by atoms with E-state index in [1.165, 1.54) is 11.6 Å². The summed E-state index contributed by atoms with van der Waals surface area (Å²) in [6, 6.07) is 2.58. The first-order chi connectivity index (χ1) is 10.1. The lowest BCUT2D eigenvalue weighted by atomic mass is 10.2. The Bertz CT molecular complexity index is 810. The minimum atomic E-state index is -4.62. The van der Waals surface area contributed by atoms with E-state index in [4.69, 9.17) is 0 Å². The van der Waals surface area contributed by atoms with Crippen molar-refractivity contribution in [2.24, 2.45) is 0 Å². The number of hydrogen-bond donors (Lipinski definition) is 0. The molecule has 9 heteroatoms. The molecular weight excluding hydrogens is 319 g/mol. The standard InChI is InChI=1S/C13H14F3N3O2S/c1-4-22(20,21)12-7-10(13(14,15)16)5-6-11(12)19-9(3)8(2)17-18-19/h5-7H,4H2,1-3H3. The van der Waals surface area contributed by atoms with Crippen molar-refractivity contribution < 1.29 is 21.6 Å². The summed E-state index contributed by atoms with van der Waals surface area (Å²) in [4.78, 5) is -0.405. The maximum absolute atomic E-state index is 12.8. The van der Waals surface area contributed by atoms with Gasteiger partial charge in [0.25, 0.3) is 0 Å². The Balaban J connectivity index is 2.78. The molecule has 0 N–H and O–H groups in total. The van der Waals surface area contributed by atoms with Gasteiger partial charge in [-0.1, -0.05) is 12.1 Å². The summed E-state index contributed by atoms with van der Waals surface area (Å²) in [5.74, 6) is -0.311. The molecule has 5 nitrogen and oxygen atoms in total. The van der Waals surface area contributed by atoms with Crippen molar-refractivity contribution in [1.29, 1.82) is 0 Å². The predicted octanol–water partition coefficient (Wildman–Crippen LogP) is 2.70. The second-order valence-electron chi connectivity index (χ2n) is 4.76. The van der Waals surface area contributed by atoms with Gasteiger partial charge in [0, 0.05) is 0 Å². The van der Waals surface area contributed by atoms with Crippen molar-refractivity contribution in [3.05, 3.63) is 35.2 Å². The molecule has 2 aromatic rings. The van der Waals surface area contributed by atoms with E-state index in [1.54, 1.807) is 13.8 Å². The molecule has 1 heterocycles. The lowest BCUT2D eigenvalue weighted by molar-refractivity contribution is -0.137. The van der Waals surface area contributed by atoms with Gasteiger partial charge in [0.1, 0.15) is 0 Å². The van der Waals surface area contributed by atoms with Crippen LogP contribution in [0.1, 0.15) is 23.9 Å². The highest BCUT2D eigenvalue weighted by molar-refractivity contribution is 7.91. The minimum absolute atomic E-state index is 0.0629. The normalized spacial score (nSPS) is 12.6. The Kier molecular flexibility index (Phi) is 4.03. The molecule has 0 saturated carbocycles. The number of aromatic nitrogens is 3. The number of rotatable bonds is 3. The highest BCUT2D eigenvalue weighted by atomic mass is 32.2. The predicted molar refractivity (Wildman–Crippen MR) is 73.6 cm³/mol. The van der Waals surface area contributed by atoms with Crippen molar-refractivity contribution in [2.75, 3.05) is 5.75 Å². The third kappa shape index (κ3) is 2.85. The zero-order valence-corrected chi connectivity index (χ0v) is 13.0. The van der Waals surface area contributed by atoms with Crippen molar-refractivity contribution >= 4 is 9.84 Å². The number of halogens is 3. The molecule has 1 aromatic carbocycles. The number of sulfone groups is 1. The average molecular weight is 333 g/mol. The van der Waals surface area contributed by atoms with Gasteiger partial charge in [-0.05, 0) is 32.0 Å². The van der Waals surface area contributed by atoms with Gasteiger partial charge in [-0.2, -0.15) is 13.2 Å². The van der Waals surface area contributed by atoms with Crippen molar-refractivity contribution in [3.8, 4) is 5.69 Å². The molecule has 0 aliphatic rings. The fourth-order valence-corrected chi connectivity index (χ4v) is 2.99. The molecule has 0 unspecified atom stereocenters. The van der Waals surface area contributed by atoms with Gasteiger partial charge >= 0.3 is 6.18 Å². The quantitative estimate of drug-likeness (QED) is 0.866. The van der Waals surface area contributed by atoms with Crippen LogP contribution in [0.4, 0.5) is 13.2 Å². The van der Waals surface area contributed by atoms with E-state index in [1.807, 2.05) is 0 Å². The largest absolute Gasteiger partial charge is 0.416 e. The molecule has 2 rings (SSSR count). The number of aryl methyl sites for hydroxylation is 1. The average Bonchev–Trinajstić information content (AvgIpc) is 2.77. The summed E-state index contributed by atoms with van der Waals surface area (Å²) in [7, 11) is -3.86. The maximum atomic E-state index is 12.8. The molecule has 22 heavy (non-hydrogen) atoms. The van der Waals surface area contributed by atoms with Crippen LogP contribution in [0.3, 0.4) is 0 Å². The molecule has 0 radical (unpaired) electrons. The molecule has 0 aliphatic heterocycles. The minimum Gasteiger partial charge on any atom is -0.224 e. The van der Waals surface area contributed by atoms with E-state index in [-0.39, 0.29) is 11.4 Å². The molecule has 1 aromatic heterocycles. The fraction of sp³-hybridized carbons (Fsp3) is 0.385. The first kappa shape index (κ1) is 16.5. The summed E-state index contributed by atoms with van der Waals surface area (Å²) >= 11 is 0. The summed E-state index contributed by atoms with van der Waals surface area (Å²) in [6.45, 7) is 4.71. The fourth-order valence-electron chi connectivity index (χ4n) is 1.90. The van der Waals surface area contributed by atoms with Crippen LogP contribution in [0, 0.1) is 13.8 Å². The number of hydrogen-bond acceptors (Lipinski definition) is 4. The SMILES string of the molecule is CCS(=O)(=O)c1cc(C(F)(F)F)ccc1-n1nnc(C)c1C.